The summed E-state index contributed by atoms with van der Waals surface area (Å²) in [5.41, 5.74) is 8.79. The van der Waals surface area contributed by atoms with E-state index >= 15 is 0 Å². The van der Waals surface area contributed by atoms with Gasteiger partial charge in [0.2, 0.25) is 0 Å². The van der Waals surface area contributed by atoms with E-state index in [0.29, 0.717) is 0 Å². The first-order valence-electron chi connectivity index (χ1n) is 7.68. The molecule has 0 saturated carbocycles. The molecule has 0 aromatic heterocycles. The number of hydrogen-bond acceptors (Lipinski definition) is 3. The first-order chi connectivity index (χ1) is 10.5. The molecule has 1 nitrogen and oxygen atoms in total. The third kappa shape index (κ3) is 8.14. The molecule has 0 fully saturated rings. The van der Waals surface area contributed by atoms with E-state index in [4.69, 9.17) is 5.73 Å². The SMILES string of the molecule is CC(N)c1cc2ccccc2cc1C[CH2][SnH+2].CC[S-].CC[S-]. The second-order valence-electron chi connectivity index (χ2n) is 4.80. The number of benzene rings is 2. The van der Waals surface area contributed by atoms with E-state index in [0.717, 1.165) is 11.5 Å². The zero-order chi connectivity index (χ0) is 17.0. The van der Waals surface area contributed by atoms with Crippen LogP contribution in [-0.2, 0) is 31.7 Å². The number of nitrogens with two attached hydrogens (primary N) is 1. The van der Waals surface area contributed by atoms with Crippen molar-refractivity contribution in [2.45, 2.75) is 37.7 Å². The molecule has 2 rings (SSSR count). The summed E-state index contributed by atoms with van der Waals surface area (Å²) >= 11 is 10.1. The van der Waals surface area contributed by atoms with Crippen LogP contribution in [0.25, 0.3) is 10.8 Å². The van der Waals surface area contributed by atoms with E-state index in [1.165, 1.54) is 55.3 Å². The van der Waals surface area contributed by atoms with Gasteiger partial charge >= 0.3 is 110 Å². The van der Waals surface area contributed by atoms with Crippen LogP contribution in [0.2, 0.25) is 4.44 Å². The normalized spacial score (nSPS) is 11.0. The zero-order valence-corrected chi connectivity index (χ0v) is 18.8. The third-order valence-corrected chi connectivity index (χ3v) is 3.74. The van der Waals surface area contributed by atoms with Crippen molar-refractivity contribution in [2.75, 3.05) is 11.5 Å². The minimum atomic E-state index is 0.131. The van der Waals surface area contributed by atoms with Gasteiger partial charge in [-0.3, -0.25) is 0 Å². The molecule has 2 N–H and O–H groups in total. The summed E-state index contributed by atoms with van der Waals surface area (Å²) in [5.74, 6) is 1.67. The van der Waals surface area contributed by atoms with Crippen LogP contribution in [0.4, 0.5) is 0 Å². The minimum Gasteiger partial charge on any atom is -0.793 e. The Labute approximate surface area is 160 Å². The average molecular weight is 440 g/mol. The predicted octanol–water partition coefficient (Wildman–Crippen LogP) is 3.83. The number of hydrogen-bond donors (Lipinski definition) is 1. The molecule has 0 bridgehead atoms. The molecule has 0 aliphatic rings. The van der Waals surface area contributed by atoms with Crippen molar-refractivity contribution in [1.82, 2.24) is 0 Å². The van der Waals surface area contributed by atoms with Gasteiger partial charge in [0.25, 0.3) is 0 Å². The first-order valence-corrected chi connectivity index (χ1v) is 11.2. The monoisotopic (exact) mass is 441 g/mol. The summed E-state index contributed by atoms with van der Waals surface area (Å²) in [7, 11) is 0. The zero-order valence-electron chi connectivity index (χ0n) is 13.8. The van der Waals surface area contributed by atoms with Gasteiger partial charge in [-0.25, -0.2) is 0 Å². The molecule has 22 heavy (non-hydrogen) atoms. The minimum absolute atomic E-state index is 0.131. The summed E-state index contributed by atoms with van der Waals surface area (Å²) < 4.78 is 1.29. The van der Waals surface area contributed by atoms with Crippen molar-refractivity contribution in [3.05, 3.63) is 47.5 Å². The van der Waals surface area contributed by atoms with E-state index < -0.39 is 0 Å². The summed E-state index contributed by atoms with van der Waals surface area (Å²) in [4.78, 5) is 0. The Balaban J connectivity index is 0.000000639. The molecular formula is C18H27NS2Sn. The van der Waals surface area contributed by atoms with Gasteiger partial charge < -0.3 is 25.3 Å². The van der Waals surface area contributed by atoms with Crippen molar-refractivity contribution >= 4 is 58.6 Å². The van der Waals surface area contributed by atoms with Crippen LogP contribution in [0.3, 0.4) is 0 Å². The second kappa shape index (κ2) is 13.6. The largest absolute Gasteiger partial charge is 0.793 e. The summed E-state index contributed by atoms with van der Waals surface area (Å²) in [6.45, 7) is 5.95. The quantitative estimate of drug-likeness (QED) is 0.581. The summed E-state index contributed by atoms with van der Waals surface area (Å²) in [6.07, 6.45) is 1.17. The van der Waals surface area contributed by atoms with Crippen LogP contribution in [0.15, 0.2) is 36.4 Å². The molecule has 4 heteroatoms. The van der Waals surface area contributed by atoms with Crippen molar-refractivity contribution in [3.8, 4) is 0 Å². The smallest absolute Gasteiger partial charge is 0.0874 e. The van der Waals surface area contributed by atoms with Crippen molar-refractivity contribution in [2.24, 2.45) is 5.73 Å². The topological polar surface area (TPSA) is 26.0 Å². The van der Waals surface area contributed by atoms with Gasteiger partial charge in [-0.1, -0.05) is 13.8 Å². The second-order valence-corrected chi connectivity index (χ2v) is 7.61. The molecule has 0 amide bonds. The van der Waals surface area contributed by atoms with Crippen molar-refractivity contribution in [1.29, 1.82) is 0 Å². The predicted molar refractivity (Wildman–Crippen MR) is 108 cm³/mol. The van der Waals surface area contributed by atoms with Crippen molar-refractivity contribution < 1.29 is 0 Å². The van der Waals surface area contributed by atoms with Crippen LogP contribution in [0.5, 0.6) is 0 Å². The molecule has 2 aromatic rings. The average Bonchev–Trinajstić information content (AvgIpc) is 2.48. The molecule has 0 radical (unpaired) electrons. The van der Waals surface area contributed by atoms with Gasteiger partial charge in [0, 0.05) is 0 Å². The maximum absolute atomic E-state index is 6.05. The van der Waals surface area contributed by atoms with Crippen LogP contribution in [0.1, 0.15) is 37.9 Å². The molecule has 1 unspecified atom stereocenters. The molecule has 0 aliphatic heterocycles. The Morgan fingerprint density at radius 2 is 1.50 bits per heavy atom. The van der Waals surface area contributed by atoms with Crippen LogP contribution in [-0.4, -0.2) is 34.0 Å². The van der Waals surface area contributed by atoms with E-state index in [1.54, 1.807) is 0 Å². The van der Waals surface area contributed by atoms with Crippen LogP contribution < -0.4 is 5.73 Å². The van der Waals surface area contributed by atoms with Gasteiger partial charge in [-0.15, -0.1) is 0 Å². The Bertz CT molecular complexity index is 527. The first kappa shape index (κ1) is 22.2. The fourth-order valence-corrected chi connectivity index (χ4v) is 2.99. The fraction of sp³-hybridized carbons (Fsp3) is 0.444. The van der Waals surface area contributed by atoms with Crippen molar-refractivity contribution in [3.63, 3.8) is 0 Å². The Kier molecular flexibility index (Phi) is 13.7. The molecule has 0 spiro atoms. The maximum Gasteiger partial charge on any atom is -0.0874 e. The number of rotatable bonds is 3. The van der Waals surface area contributed by atoms with Gasteiger partial charge in [0.1, 0.15) is 0 Å². The molecule has 0 heterocycles. The third-order valence-electron chi connectivity index (χ3n) is 2.91. The number of fused-ring (bicyclic) bond motifs is 1. The summed E-state index contributed by atoms with van der Waals surface area (Å²) in [6, 6.07) is 13.2. The summed E-state index contributed by atoms with van der Waals surface area (Å²) in [5, 5.41) is 2.63. The van der Waals surface area contributed by atoms with Crippen LogP contribution >= 0.6 is 0 Å². The molecular weight excluding hydrogens is 413 g/mol. The van der Waals surface area contributed by atoms with Crippen LogP contribution in [0, 0.1) is 0 Å². The van der Waals surface area contributed by atoms with Gasteiger partial charge in [0.15, 0.2) is 0 Å². The molecule has 2 aromatic carbocycles. The van der Waals surface area contributed by atoms with Gasteiger partial charge in [-0.2, -0.15) is 11.5 Å². The van der Waals surface area contributed by atoms with E-state index in [9.17, 15) is 0 Å². The van der Waals surface area contributed by atoms with E-state index in [1.807, 2.05) is 13.8 Å². The fourth-order valence-electron chi connectivity index (χ4n) is 2.10. The van der Waals surface area contributed by atoms with Gasteiger partial charge in [0.05, 0.1) is 0 Å². The maximum atomic E-state index is 6.05. The molecule has 0 saturated heterocycles. The molecule has 1 atom stereocenters. The Hall–Kier alpha value is 0.159. The Morgan fingerprint density at radius 1 is 1.05 bits per heavy atom. The molecule has 120 valence electrons. The molecule has 0 aliphatic carbocycles. The number of aryl methyl sites for hydroxylation is 1. The Morgan fingerprint density at radius 3 is 1.91 bits per heavy atom. The van der Waals surface area contributed by atoms with Gasteiger partial charge in [-0.05, 0) is 0 Å². The van der Waals surface area contributed by atoms with E-state index in [2.05, 4.69) is 68.6 Å². The van der Waals surface area contributed by atoms with E-state index in [-0.39, 0.29) is 6.04 Å². The standard InChI is InChI=1S/C14H16N.2C2H6S.Sn.H/c1-3-11-8-12-6-4-5-7-13(12)9-14(11)10(2)15;2*1-2-3;;/h4-10H,1,3,15H2,2H3;2*3H,2H2,1H3;;/q;;;+2;/p-2.